The molecule has 2 aliphatic heterocycles. The second-order valence-corrected chi connectivity index (χ2v) is 4.76. The number of rotatable bonds is 3. The Morgan fingerprint density at radius 2 is 1.94 bits per heavy atom. The molecule has 0 amide bonds. The van der Waals surface area contributed by atoms with Crippen LogP contribution in [0.15, 0.2) is 12.7 Å². The van der Waals surface area contributed by atoms with Crippen LogP contribution in [0, 0.1) is 0 Å². The van der Waals surface area contributed by atoms with Crippen molar-refractivity contribution in [1.82, 2.24) is 9.80 Å². The van der Waals surface area contributed by atoms with E-state index in [-0.39, 0.29) is 0 Å². The summed E-state index contributed by atoms with van der Waals surface area (Å²) in [5, 5.41) is 0. The molecule has 16 heavy (non-hydrogen) atoms. The molecule has 0 aliphatic carbocycles. The van der Waals surface area contributed by atoms with Gasteiger partial charge in [0.1, 0.15) is 0 Å². The summed E-state index contributed by atoms with van der Waals surface area (Å²) in [6.07, 6.45) is 8.08. The minimum Gasteiger partial charge on any atom is -0.379 e. The van der Waals surface area contributed by atoms with E-state index in [4.69, 9.17) is 4.74 Å². The highest BCUT2D eigenvalue weighted by molar-refractivity contribution is 4.82. The fraction of sp³-hybridized carbons (Fsp3) is 0.846. The molecule has 0 N–H and O–H groups in total. The van der Waals surface area contributed by atoms with E-state index in [1.165, 1.54) is 32.2 Å². The van der Waals surface area contributed by atoms with Gasteiger partial charge in [-0.05, 0) is 19.4 Å². The van der Waals surface area contributed by atoms with Crippen LogP contribution < -0.4 is 0 Å². The molecule has 1 unspecified atom stereocenters. The van der Waals surface area contributed by atoms with Gasteiger partial charge in [0.2, 0.25) is 0 Å². The molecule has 0 aromatic rings. The van der Waals surface area contributed by atoms with Crippen LogP contribution in [0.1, 0.15) is 25.7 Å². The van der Waals surface area contributed by atoms with Gasteiger partial charge >= 0.3 is 0 Å². The molecule has 0 radical (unpaired) electrons. The van der Waals surface area contributed by atoms with Gasteiger partial charge in [0.15, 0.2) is 0 Å². The molecule has 2 heterocycles. The molecule has 0 saturated carbocycles. The lowest BCUT2D eigenvalue weighted by molar-refractivity contribution is -0.0302. The normalized spacial score (nSPS) is 29.9. The van der Waals surface area contributed by atoms with Gasteiger partial charge in [0.25, 0.3) is 0 Å². The maximum atomic E-state index is 5.44. The second kappa shape index (κ2) is 6.38. The number of nitrogens with zero attached hydrogens (tertiary/aromatic N) is 2. The lowest BCUT2D eigenvalue weighted by atomic mass is 10.2. The fourth-order valence-electron chi connectivity index (χ4n) is 2.82. The molecule has 3 heteroatoms. The predicted octanol–water partition coefficient (Wildman–Crippen LogP) is 1.71. The Labute approximate surface area is 99.1 Å². The molecule has 0 bridgehead atoms. The highest BCUT2D eigenvalue weighted by Crippen LogP contribution is 2.20. The van der Waals surface area contributed by atoms with E-state index < -0.39 is 0 Å². The molecule has 2 saturated heterocycles. The predicted molar refractivity (Wildman–Crippen MR) is 66.4 cm³/mol. The zero-order chi connectivity index (χ0) is 11.2. The van der Waals surface area contributed by atoms with Crippen LogP contribution in [-0.2, 0) is 4.74 Å². The molecule has 2 rings (SSSR count). The summed E-state index contributed by atoms with van der Waals surface area (Å²) in [5.41, 5.74) is 0. The third kappa shape index (κ3) is 3.06. The Bertz CT molecular complexity index is 214. The maximum absolute atomic E-state index is 5.44. The molecule has 2 aliphatic rings. The van der Waals surface area contributed by atoms with E-state index in [9.17, 15) is 0 Å². The van der Waals surface area contributed by atoms with Crippen molar-refractivity contribution in [3.8, 4) is 0 Å². The van der Waals surface area contributed by atoms with Crippen LogP contribution in [0.4, 0.5) is 0 Å². The third-order valence-electron chi connectivity index (χ3n) is 3.66. The Morgan fingerprint density at radius 1 is 1.12 bits per heavy atom. The van der Waals surface area contributed by atoms with E-state index in [1.807, 2.05) is 6.08 Å². The number of morpholine rings is 1. The monoisotopic (exact) mass is 224 g/mol. The van der Waals surface area contributed by atoms with E-state index in [1.54, 1.807) is 0 Å². The Hall–Kier alpha value is -0.380. The van der Waals surface area contributed by atoms with Crippen molar-refractivity contribution < 1.29 is 4.74 Å². The molecular weight excluding hydrogens is 200 g/mol. The summed E-state index contributed by atoms with van der Waals surface area (Å²) < 4.78 is 5.44. The van der Waals surface area contributed by atoms with Crippen molar-refractivity contribution >= 4 is 0 Å². The molecule has 0 aromatic heterocycles. The van der Waals surface area contributed by atoms with Gasteiger partial charge in [-0.2, -0.15) is 0 Å². The van der Waals surface area contributed by atoms with Gasteiger partial charge in [-0.1, -0.05) is 18.9 Å². The molecule has 92 valence electrons. The van der Waals surface area contributed by atoms with Gasteiger partial charge in [-0.15, -0.1) is 6.58 Å². The first kappa shape index (κ1) is 12.1. The number of hydrogen-bond acceptors (Lipinski definition) is 3. The van der Waals surface area contributed by atoms with Crippen molar-refractivity contribution in [1.29, 1.82) is 0 Å². The van der Waals surface area contributed by atoms with Crippen LogP contribution >= 0.6 is 0 Å². The average Bonchev–Trinajstić information content (AvgIpc) is 2.56. The van der Waals surface area contributed by atoms with Gasteiger partial charge < -0.3 is 4.74 Å². The van der Waals surface area contributed by atoms with Crippen molar-refractivity contribution in [3.63, 3.8) is 0 Å². The Morgan fingerprint density at radius 3 is 2.69 bits per heavy atom. The lowest BCUT2D eigenvalue weighted by Gasteiger charge is -2.40. The molecule has 0 aromatic carbocycles. The maximum Gasteiger partial charge on any atom is 0.0626 e. The van der Waals surface area contributed by atoms with E-state index in [0.717, 1.165) is 32.8 Å². The zero-order valence-electron chi connectivity index (χ0n) is 10.2. The topological polar surface area (TPSA) is 15.7 Å². The quantitative estimate of drug-likeness (QED) is 0.679. The summed E-state index contributed by atoms with van der Waals surface area (Å²) in [4.78, 5) is 5.18. The standard InChI is InChI=1S/C13H24N2O/c1-2-7-14-8-5-3-4-6-13(14)15-9-11-16-12-10-15/h2,13H,1,3-12H2. The molecule has 3 nitrogen and oxygen atoms in total. The highest BCUT2D eigenvalue weighted by atomic mass is 16.5. The van der Waals surface area contributed by atoms with Crippen LogP contribution in [0.25, 0.3) is 0 Å². The van der Waals surface area contributed by atoms with E-state index in [2.05, 4.69) is 16.4 Å². The summed E-state index contributed by atoms with van der Waals surface area (Å²) >= 11 is 0. The summed E-state index contributed by atoms with van der Waals surface area (Å²) in [5.74, 6) is 0. The molecule has 0 spiro atoms. The van der Waals surface area contributed by atoms with Crippen molar-refractivity contribution in [2.45, 2.75) is 31.8 Å². The highest BCUT2D eigenvalue weighted by Gasteiger charge is 2.26. The SMILES string of the molecule is C=CCN1CCCCCC1N1CCOCC1. The zero-order valence-corrected chi connectivity index (χ0v) is 10.2. The Kier molecular flexibility index (Phi) is 4.82. The van der Waals surface area contributed by atoms with Crippen LogP contribution in [-0.4, -0.2) is 55.4 Å². The number of hydrogen-bond donors (Lipinski definition) is 0. The van der Waals surface area contributed by atoms with Crippen LogP contribution in [0.3, 0.4) is 0 Å². The minimum absolute atomic E-state index is 0.629. The molecular formula is C13H24N2O. The lowest BCUT2D eigenvalue weighted by Crippen LogP contribution is -2.52. The van der Waals surface area contributed by atoms with Crippen molar-refractivity contribution in [2.75, 3.05) is 39.4 Å². The summed E-state index contributed by atoms with van der Waals surface area (Å²) in [6, 6.07) is 0. The van der Waals surface area contributed by atoms with Gasteiger partial charge in [-0.25, -0.2) is 0 Å². The van der Waals surface area contributed by atoms with Crippen LogP contribution in [0.2, 0.25) is 0 Å². The van der Waals surface area contributed by atoms with Crippen molar-refractivity contribution in [3.05, 3.63) is 12.7 Å². The first-order chi connectivity index (χ1) is 7.92. The Balaban J connectivity index is 1.97. The van der Waals surface area contributed by atoms with Crippen molar-refractivity contribution in [2.24, 2.45) is 0 Å². The fourth-order valence-corrected chi connectivity index (χ4v) is 2.82. The first-order valence-electron chi connectivity index (χ1n) is 6.58. The van der Waals surface area contributed by atoms with E-state index in [0.29, 0.717) is 6.17 Å². The molecule has 1 atom stereocenters. The van der Waals surface area contributed by atoms with E-state index >= 15 is 0 Å². The smallest absolute Gasteiger partial charge is 0.0626 e. The average molecular weight is 224 g/mol. The number of likely N-dealkylation sites (tertiary alicyclic amines) is 1. The summed E-state index contributed by atoms with van der Waals surface area (Å²) in [6.45, 7) is 10.1. The van der Waals surface area contributed by atoms with Gasteiger partial charge in [-0.3, -0.25) is 9.80 Å². The van der Waals surface area contributed by atoms with Gasteiger partial charge in [0, 0.05) is 19.6 Å². The largest absolute Gasteiger partial charge is 0.379 e. The first-order valence-corrected chi connectivity index (χ1v) is 6.58. The second-order valence-electron chi connectivity index (χ2n) is 4.76. The van der Waals surface area contributed by atoms with Crippen LogP contribution in [0.5, 0.6) is 0 Å². The van der Waals surface area contributed by atoms with Gasteiger partial charge in [0.05, 0.1) is 19.4 Å². The minimum atomic E-state index is 0.629. The molecule has 2 fully saturated rings. The third-order valence-corrected chi connectivity index (χ3v) is 3.66. The summed E-state index contributed by atoms with van der Waals surface area (Å²) in [7, 11) is 0. The number of ether oxygens (including phenoxy) is 1.